The Hall–Kier alpha value is -2.58. The summed E-state index contributed by atoms with van der Waals surface area (Å²) in [5.74, 6) is 5.40. The first-order valence-corrected chi connectivity index (χ1v) is 8.11. The Balaban J connectivity index is 1.86. The summed E-state index contributed by atoms with van der Waals surface area (Å²) < 4.78 is 7.75. The number of hydrogen-bond acceptors (Lipinski definition) is 3. The van der Waals surface area contributed by atoms with Gasteiger partial charge in [0.1, 0.15) is 6.10 Å². The SMILES string of the molecule is CC#CCNC(=O)[C@H]1CCO[C@@H]1c1ccnn1-c1ccccc1C. The molecule has 5 nitrogen and oxygen atoms in total. The third-order valence-electron chi connectivity index (χ3n) is 4.26. The van der Waals surface area contributed by atoms with Crippen LogP contribution in [0.4, 0.5) is 0 Å². The van der Waals surface area contributed by atoms with E-state index in [2.05, 4.69) is 22.3 Å². The molecule has 0 bridgehead atoms. The number of hydrogen-bond donors (Lipinski definition) is 1. The summed E-state index contributed by atoms with van der Waals surface area (Å²) in [5, 5.41) is 7.31. The molecule has 2 atom stereocenters. The first-order valence-electron chi connectivity index (χ1n) is 8.11. The van der Waals surface area contributed by atoms with Gasteiger partial charge in [-0.15, -0.1) is 5.92 Å². The average molecular weight is 323 g/mol. The monoisotopic (exact) mass is 323 g/mol. The molecule has 1 aliphatic heterocycles. The van der Waals surface area contributed by atoms with Crippen molar-refractivity contribution in [2.45, 2.75) is 26.4 Å². The Bertz CT molecular complexity index is 785. The van der Waals surface area contributed by atoms with E-state index in [-0.39, 0.29) is 17.9 Å². The van der Waals surface area contributed by atoms with Crippen molar-refractivity contribution < 1.29 is 9.53 Å². The molecule has 124 valence electrons. The van der Waals surface area contributed by atoms with Gasteiger partial charge in [-0.3, -0.25) is 4.79 Å². The highest BCUT2D eigenvalue weighted by Crippen LogP contribution is 2.35. The van der Waals surface area contributed by atoms with Crippen molar-refractivity contribution in [1.29, 1.82) is 0 Å². The highest BCUT2D eigenvalue weighted by Gasteiger charge is 2.37. The number of carbonyl (C=O) groups is 1. The summed E-state index contributed by atoms with van der Waals surface area (Å²) in [4.78, 5) is 12.5. The second-order valence-electron chi connectivity index (χ2n) is 5.79. The summed E-state index contributed by atoms with van der Waals surface area (Å²) in [5.41, 5.74) is 3.03. The predicted octanol–water partition coefficient (Wildman–Crippen LogP) is 2.40. The number of aromatic nitrogens is 2. The molecule has 3 rings (SSSR count). The zero-order valence-corrected chi connectivity index (χ0v) is 14.0. The van der Waals surface area contributed by atoms with E-state index in [1.165, 1.54) is 0 Å². The zero-order valence-electron chi connectivity index (χ0n) is 14.0. The van der Waals surface area contributed by atoms with Crippen LogP contribution in [0.25, 0.3) is 5.69 Å². The number of carbonyl (C=O) groups excluding carboxylic acids is 1. The maximum absolute atomic E-state index is 12.5. The molecule has 1 amide bonds. The average Bonchev–Trinajstić information content (AvgIpc) is 3.24. The largest absolute Gasteiger partial charge is 0.371 e. The number of para-hydroxylation sites is 1. The van der Waals surface area contributed by atoms with Crippen molar-refractivity contribution in [2.75, 3.05) is 13.2 Å². The van der Waals surface area contributed by atoms with Crippen LogP contribution in [0.15, 0.2) is 36.5 Å². The molecule has 2 heterocycles. The van der Waals surface area contributed by atoms with E-state index in [1.807, 2.05) is 41.9 Å². The van der Waals surface area contributed by atoms with Crippen molar-refractivity contribution in [1.82, 2.24) is 15.1 Å². The third kappa shape index (κ3) is 3.19. The molecule has 1 fully saturated rings. The lowest BCUT2D eigenvalue weighted by Crippen LogP contribution is -2.33. The molecular formula is C19H21N3O2. The molecule has 0 radical (unpaired) electrons. The second-order valence-corrected chi connectivity index (χ2v) is 5.79. The van der Waals surface area contributed by atoms with Gasteiger partial charge in [-0.05, 0) is 38.0 Å². The van der Waals surface area contributed by atoms with Crippen LogP contribution in [-0.2, 0) is 9.53 Å². The number of aryl methyl sites for hydroxylation is 1. The van der Waals surface area contributed by atoms with E-state index in [4.69, 9.17) is 4.74 Å². The lowest BCUT2D eigenvalue weighted by molar-refractivity contribution is -0.126. The minimum absolute atomic E-state index is 0.0159. The smallest absolute Gasteiger partial charge is 0.226 e. The number of rotatable bonds is 4. The van der Waals surface area contributed by atoms with Gasteiger partial charge in [0, 0.05) is 12.8 Å². The van der Waals surface area contributed by atoms with Gasteiger partial charge in [-0.25, -0.2) is 4.68 Å². The fraction of sp³-hybridized carbons (Fsp3) is 0.368. The number of benzene rings is 1. The second kappa shape index (κ2) is 7.33. The molecule has 1 N–H and O–H groups in total. The molecule has 0 aliphatic carbocycles. The molecule has 24 heavy (non-hydrogen) atoms. The molecule has 0 spiro atoms. The van der Waals surface area contributed by atoms with Crippen LogP contribution < -0.4 is 5.32 Å². The maximum Gasteiger partial charge on any atom is 0.226 e. The number of nitrogens with one attached hydrogen (secondary N) is 1. The van der Waals surface area contributed by atoms with Gasteiger partial charge >= 0.3 is 0 Å². The highest BCUT2D eigenvalue weighted by molar-refractivity contribution is 5.80. The minimum Gasteiger partial charge on any atom is -0.371 e. The maximum atomic E-state index is 12.5. The van der Waals surface area contributed by atoms with Crippen molar-refractivity contribution in [2.24, 2.45) is 5.92 Å². The molecule has 1 saturated heterocycles. The van der Waals surface area contributed by atoms with E-state index in [0.717, 1.165) is 16.9 Å². The lowest BCUT2D eigenvalue weighted by atomic mass is 9.97. The Kier molecular flexibility index (Phi) is 4.97. The predicted molar refractivity (Wildman–Crippen MR) is 91.6 cm³/mol. The van der Waals surface area contributed by atoms with Crippen molar-refractivity contribution in [3.05, 3.63) is 47.8 Å². The quantitative estimate of drug-likeness (QED) is 0.879. The summed E-state index contributed by atoms with van der Waals surface area (Å²) in [6.45, 7) is 4.75. The van der Waals surface area contributed by atoms with Crippen LogP contribution in [0.2, 0.25) is 0 Å². The van der Waals surface area contributed by atoms with Gasteiger partial charge in [0.15, 0.2) is 0 Å². The molecule has 0 saturated carbocycles. The van der Waals surface area contributed by atoms with Crippen molar-refractivity contribution in [3.8, 4) is 17.5 Å². The Morgan fingerprint density at radius 2 is 2.25 bits per heavy atom. The number of amides is 1. The van der Waals surface area contributed by atoms with Crippen LogP contribution in [0, 0.1) is 24.7 Å². The Morgan fingerprint density at radius 3 is 3.04 bits per heavy atom. The molecule has 0 unspecified atom stereocenters. The topological polar surface area (TPSA) is 56.1 Å². The van der Waals surface area contributed by atoms with Gasteiger partial charge in [-0.1, -0.05) is 24.1 Å². The molecular weight excluding hydrogens is 302 g/mol. The molecule has 1 aromatic carbocycles. The molecule has 1 aliphatic rings. The first kappa shape index (κ1) is 16.3. The minimum atomic E-state index is -0.290. The van der Waals surface area contributed by atoms with Crippen LogP contribution in [-0.4, -0.2) is 28.8 Å². The fourth-order valence-electron chi connectivity index (χ4n) is 3.03. The van der Waals surface area contributed by atoms with Crippen LogP contribution in [0.1, 0.15) is 30.7 Å². The number of nitrogens with zero attached hydrogens (tertiary/aromatic N) is 2. The van der Waals surface area contributed by atoms with Crippen molar-refractivity contribution >= 4 is 5.91 Å². The molecule has 2 aromatic rings. The van der Waals surface area contributed by atoms with Crippen LogP contribution in [0.5, 0.6) is 0 Å². The lowest BCUT2D eigenvalue weighted by Gasteiger charge is -2.19. The Labute approximate surface area is 142 Å². The summed E-state index contributed by atoms with van der Waals surface area (Å²) in [6, 6.07) is 9.97. The molecule has 1 aromatic heterocycles. The van der Waals surface area contributed by atoms with Gasteiger partial charge in [0.05, 0.1) is 23.8 Å². The van der Waals surface area contributed by atoms with Gasteiger partial charge in [0.2, 0.25) is 5.91 Å². The van der Waals surface area contributed by atoms with Gasteiger partial charge < -0.3 is 10.1 Å². The van der Waals surface area contributed by atoms with E-state index >= 15 is 0 Å². The standard InChI is InChI=1S/C19H21N3O2/c1-3-4-11-20-19(23)15-10-13-24-18(15)17-9-12-21-22(17)16-8-6-5-7-14(16)2/h5-9,12,15,18H,10-11,13H2,1-2H3,(H,20,23)/t15-,18-/m0/s1. The highest BCUT2D eigenvalue weighted by atomic mass is 16.5. The van der Waals surface area contributed by atoms with Crippen molar-refractivity contribution in [3.63, 3.8) is 0 Å². The summed E-state index contributed by atoms with van der Waals surface area (Å²) >= 11 is 0. The van der Waals surface area contributed by atoms with E-state index in [9.17, 15) is 4.79 Å². The summed E-state index contributed by atoms with van der Waals surface area (Å²) in [6.07, 6.45) is 2.16. The third-order valence-corrected chi connectivity index (χ3v) is 4.26. The van der Waals surface area contributed by atoms with E-state index < -0.39 is 0 Å². The first-order chi connectivity index (χ1) is 11.7. The fourth-order valence-corrected chi connectivity index (χ4v) is 3.03. The zero-order chi connectivity index (χ0) is 16.9. The Morgan fingerprint density at radius 1 is 1.42 bits per heavy atom. The van der Waals surface area contributed by atoms with E-state index in [0.29, 0.717) is 19.6 Å². The normalized spacial score (nSPS) is 19.6. The van der Waals surface area contributed by atoms with Crippen LogP contribution >= 0.6 is 0 Å². The van der Waals surface area contributed by atoms with E-state index in [1.54, 1.807) is 13.1 Å². The number of ether oxygens (including phenoxy) is 1. The van der Waals surface area contributed by atoms with Gasteiger partial charge in [-0.2, -0.15) is 5.10 Å². The summed E-state index contributed by atoms with van der Waals surface area (Å²) in [7, 11) is 0. The molecule has 5 heteroatoms. The van der Waals surface area contributed by atoms with Gasteiger partial charge in [0.25, 0.3) is 0 Å². The van der Waals surface area contributed by atoms with Crippen LogP contribution in [0.3, 0.4) is 0 Å².